The first-order chi connectivity index (χ1) is 15.5. The van der Waals surface area contributed by atoms with E-state index in [9.17, 15) is 9.90 Å². The molecule has 0 aliphatic rings. The molecule has 1 heterocycles. The Bertz CT molecular complexity index is 1210. The van der Waals surface area contributed by atoms with Gasteiger partial charge in [0.15, 0.2) is 11.0 Å². The number of halogens is 1. The van der Waals surface area contributed by atoms with Crippen LogP contribution in [-0.4, -0.2) is 38.6 Å². The summed E-state index contributed by atoms with van der Waals surface area (Å²) in [6.45, 7) is 0. The monoisotopic (exact) mass is 466 g/mol. The third-order valence-electron chi connectivity index (χ3n) is 4.55. The number of aromatic hydroxyl groups is 1. The number of anilines is 1. The molecule has 0 spiro atoms. The van der Waals surface area contributed by atoms with E-state index in [1.54, 1.807) is 55.6 Å². The van der Waals surface area contributed by atoms with E-state index in [0.29, 0.717) is 21.7 Å². The summed E-state index contributed by atoms with van der Waals surface area (Å²) in [6, 6.07) is 21.1. The lowest BCUT2D eigenvalue weighted by Crippen LogP contribution is -2.14. The third kappa shape index (κ3) is 5.04. The molecule has 1 aromatic heterocycles. The van der Waals surface area contributed by atoms with Crippen LogP contribution in [0.15, 0.2) is 78.0 Å². The third-order valence-corrected chi connectivity index (χ3v) is 5.73. The number of thioether (sulfide) groups is 1. The van der Waals surface area contributed by atoms with Crippen molar-refractivity contribution in [1.82, 2.24) is 14.8 Å². The zero-order chi connectivity index (χ0) is 22.5. The predicted molar refractivity (Wildman–Crippen MR) is 126 cm³/mol. The summed E-state index contributed by atoms with van der Waals surface area (Å²) in [5.41, 5.74) is 2.27. The summed E-state index contributed by atoms with van der Waals surface area (Å²) >= 11 is 7.16. The Balaban J connectivity index is 1.60. The minimum absolute atomic E-state index is 0.145. The number of hydrogen-bond donors (Lipinski definition) is 2. The normalized spacial score (nSPS) is 10.7. The average Bonchev–Trinajstić information content (AvgIpc) is 3.24. The highest BCUT2D eigenvalue weighted by atomic mass is 35.5. The highest BCUT2D eigenvalue weighted by molar-refractivity contribution is 7.99. The largest absolute Gasteiger partial charge is 0.508 e. The molecule has 4 rings (SSSR count). The van der Waals surface area contributed by atoms with Crippen LogP contribution in [-0.2, 0) is 4.79 Å². The van der Waals surface area contributed by atoms with Gasteiger partial charge >= 0.3 is 0 Å². The van der Waals surface area contributed by atoms with Gasteiger partial charge in [0.25, 0.3) is 0 Å². The van der Waals surface area contributed by atoms with Crippen molar-refractivity contribution in [3.8, 4) is 28.6 Å². The van der Waals surface area contributed by atoms with Crippen LogP contribution in [0.25, 0.3) is 17.1 Å². The van der Waals surface area contributed by atoms with Gasteiger partial charge in [-0.2, -0.15) is 0 Å². The average molecular weight is 467 g/mol. The van der Waals surface area contributed by atoms with Gasteiger partial charge in [-0.15, -0.1) is 10.2 Å². The number of hydrogen-bond acceptors (Lipinski definition) is 6. The first-order valence-corrected chi connectivity index (χ1v) is 11.0. The number of phenols is 1. The van der Waals surface area contributed by atoms with Crippen LogP contribution in [0.5, 0.6) is 11.5 Å². The number of methoxy groups -OCH3 is 1. The second kappa shape index (κ2) is 9.76. The second-order valence-corrected chi connectivity index (χ2v) is 8.11. The van der Waals surface area contributed by atoms with E-state index in [2.05, 4.69) is 15.5 Å². The molecule has 0 saturated carbocycles. The Morgan fingerprint density at radius 1 is 1.03 bits per heavy atom. The van der Waals surface area contributed by atoms with Gasteiger partial charge in [-0.1, -0.05) is 23.4 Å². The maximum Gasteiger partial charge on any atom is 0.234 e. The SMILES string of the molecule is COc1ccc(-n2c(SCC(=O)Nc3ccc(Cl)cc3)nnc2-c2ccc(O)cc2)cc1. The zero-order valence-corrected chi connectivity index (χ0v) is 18.6. The van der Waals surface area contributed by atoms with Crippen LogP contribution < -0.4 is 10.1 Å². The van der Waals surface area contributed by atoms with E-state index >= 15 is 0 Å². The van der Waals surface area contributed by atoms with Crippen molar-refractivity contribution in [3.05, 3.63) is 77.8 Å². The highest BCUT2D eigenvalue weighted by Crippen LogP contribution is 2.29. The predicted octanol–water partition coefficient (Wildman–Crippen LogP) is 5.03. The standard InChI is InChI=1S/C23H19ClN4O3S/c1-31-20-12-8-18(9-13-20)28-22(15-2-10-19(29)11-3-15)26-27-23(28)32-14-21(30)25-17-6-4-16(24)5-7-17/h2-13,29H,14H2,1H3,(H,25,30). The summed E-state index contributed by atoms with van der Waals surface area (Å²) < 4.78 is 7.12. The molecular weight excluding hydrogens is 448 g/mol. The number of rotatable bonds is 7. The van der Waals surface area contributed by atoms with Gasteiger partial charge in [-0.05, 0) is 72.8 Å². The molecule has 4 aromatic rings. The number of nitrogens with one attached hydrogen (secondary N) is 1. The number of carbonyl (C=O) groups excluding carboxylic acids is 1. The molecule has 0 radical (unpaired) electrons. The number of nitrogens with zero attached hydrogens (tertiary/aromatic N) is 3. The fourth-order valence-electron chi connectivity index (χ4n) is 2.99. The summed E-state index contributed by atoms with van der Waals surface area (Å²) in [4.78, 5) is 12.4. The van der Waals surface area contributed by atoms with E-state index in [1.807, 2.05) is 28.8 Å². The van der Waals surface area contributed by atoms with Crippen molar-refractivity contribution >= 4 is 35.0 Å². The molecule has 0 aliphatic heterocycles. The molecule has 0 saturated heterocycles. The summed E-state index contributed by atoms with van der Waals surface area (Å²) in [7, 11) is 1.61. The maximum absolute atomic E-state index is 12.4. The Labute approximate surface area is 194 Å². The molecule has 1 amide bonds. The smallest absolute Gasteiger partial charge is 0.234 e. The first-order valence-electron chi connectivity index (χ1n) is 9.61. The molecule has 3 aromatic carbocycles. The topological polar surface area (TPSA) is 89.3 Å². The molecule has 0 aliphatic carbocycles. The fourth-order valence-corrected chi connectivity index (χ4v) is 3.86. The Kier molecular flexibility index (Phi) is 6.63. The molecule has 162 valence electrons. The van der Waals surface area contributed by atoms with E-state index in [1.165, 1.54) is 11.8 Å². The van der Waals surface area contributed by atoms with Gasteiger partial charge in [0.2, 0.25) is 5.91 Å². The number of amides is 1. The number of carbonyl (C=O) groups is 1. The van der Waals surface area contributed by atoms with Gasteiger partial charge in [-0.25, -0.2) is 0 Å². The van der Waals surface area contributed by atoms with Gasteiger partial charge < -0.3 is 15.2 Å². The lowest BCUT2D eigenvalue weighted by molar-refractivity contribution is -0.113. The molecule has 0 fully saturated rings. The Morgan fingerprint density at radius 2 is 1.72 bits per heavy atom. The van der Waals surface area contributed by atoms with Gasteiger partial charge in [0.05, 0.1) is 12.9 Å². The van der Waals surface area contributed by atoms with Crippen molar-refractivity contribution in [3.63, 3.8) is 0 Å². The molecule has 2 N–H and O–H groups in total. The lowest BCUT2D eigenvalue weighted by atomic mass is 10.2. The lowest BCUT2D eigenvalue weighted by Gasteiger charge is -2.11. The number of ether oxygens (including phenoxy) is 1. The van der Waals surface area contributed by atoms with Crippen molar-refractivity contribution < 1.29 is 14.6 Å². The number of benzene rings is 3. The van der Waals surface area contributed by atoms with Crippen LogP contribution in [0.4, 0.5) is 5.69 Å². The quantitative estimate of drug-likeness (QED) is 0.371. The van der Waals surface area contributed by atoms with Crippen molar-refractivity contribution in [2.75, 3.05) is 18.2 Å². The summed E-state index contributed by atoms with van der Waals surface area (Å²) in [6.07, 6.45) is 0. The highest BCUT2D eigenvalue weighted by Gasteiger charge is 2.17. The Hall–Kier alpha value is -3.49. The first kappa shape index (κ1) is 21.7. The van der Waals surface area contributed by atoms with Gasteiger partial charge in [-0.3, -0.25) is 9.36 Å². The molecule has 32 heavy (non-hydrogen) atoms. The van der Waals surface area contributed by atoms with Crippen molar-refractivity contribution in [2.45, 2.75) is 5.16 Å². The molecular formula is C23H19ClN4O3S. The zero-order valence-electron chi connectivity index (χ0n) is 17.0. The maximum atomic E-state index is 12.4. The van der Waals surface area contributed by atoms with Crippen LogP contribution >= 0.6 is 23.4 Å². The molecule has 7 nitrogen and oxygen atoms in total. The van der Waals surface area contributed by atoms with E-state index in [4.69, 9.17) is 16.3 Å². The molecule has 9 heteroatoms. The van der Waals surface area contributed by atoms with Gasteiger partial charge in [0, 0.05) is 22.0 Å². The molecule has 0 unspecified atom stereocenters. The minimum Gasteiger partial charge on any atom is -0.508 e. The van der Waals surface area contributed by atoms with Gasteiger partial charge in [0.1, 0.15) is 11.5 Å². The molecule has 0 atom stereocenters. The summed E-state index contributed by atoms with van der Waals surface area (Å²) in [5, 5.41) is 22.3. The van der Waals surface area contributed by atoms with Crippen molar-refractivity contribution in [1.29, 1.82) is 0 Å². The van der Waals surface area contributed by atoms with Crippen LogP contribution in [0.2, 0.25) is 5.02 Å². The van der Waals surface area contributed by atoms with Crippen LogP contribution in [0, 0.1) is 0 Å². The number of aromatic nitrogens is 3. The van der Waals surface area contributed by atoms with E-state index < -0.39 is 0 Å². The molecule has 0 bridgehead atoms. The van der Waals surface area contributed by atoms with Crippen LogP contribution in [0.3, 0.4) is 0 Å². The van der Waals surface area contributed by atoms with E-state index in [0.717, 1.165) is 17.0 Å². The number of phenolic OH excluding ortho intramolecular Hbond substituents is 1. The van der Waals surface area contributed by atoms with E-state index in [-0.39, 0.29) is 17.4 Å². The van der Waals surface area contributed by atoms with Crippen LogP contribution in [0.1, 0.15) is 0 Å². The fraction of sp³-hybridized carbons (Fsp3) is 0.0870. The second-order valence-electron chi connectivity index (χ2n) is 6.73. The minimum atomic E-state index is -0.173. The van der Waals surface area contributed by atoms with Crippen molar-refractivity contribution in [2.24, 2.45) is 0 Å². The Morgan fingerprint density at radius 3 is 2.38 bits per heavy atom. The summed E-state index contributed by atoms with van der Waals surface area (Å²) in [5.74, 6) is 1.46.